The molecule has 5 aromatic rings. The van der Waals surface area contributed by atoms with E-state index >= 15 is 0 Å². The molecule has 1 aliphatic rings. The number of ether oxygens (including phenoxy) is 4. The summed E-state index contributed by atoms with van der Waals surface area (Å²) in [4.78, 5) is 39.3. The smallest absolute Gasteiger partial charge is 0.468 e. The molecule has 6 rings (SSSR count). The van der Waals surface area contributed by atoms with Gasteiger partial charge in [0.05, 0.1) is 37.9 Å². The molecule has 22 heteroatoms. The molecular weight excluding hydrogens is 910 g/mol. The molecule has 0 saturated carbocycles. The Morgan fingerprint density at radius 3 is 1.93 bits per heavy atom. The first-order chi connectivity index (χ1) is 32.0. The van der Waals surface area contributed by atoms with E-state index in [4.69, 9.17) is 47.0 Å². The van der Waals surface area contributed by atoms with E-state index in [-0.39, 0.29) is 35.7 Å². The summed E-state index contributed by atoms with van der Waals surface area (Å²) in [6, 6.07) is 29.7. The molecule has 0 radical (unpaired) electrons. The fraction of sp³-hybridized carbons (Fsp3) is 0.378. The Balaban J connectivity index is 1.34. The summed E-state index contributed by atoms with van der Waals surface area (Å²) in [6.07, 6.45) is -3.53. The fourth-order valence-corrected chi connectivity index (χ4v) is 9.14. The predicted molar refractivity (Wildman–Crippen MR) is 237 cm³/mol. The summed E-state index contributed by atoms with van der Waals surface area (Å²) in [5, 5.41) is 27.2. The predicted octanol–water partition coefficient (Wildman–Crippen LogP) is 6.96. The number of carbonyl (C=O) groups excluding carboxylic acids is 3. The highest BCUT2D eigenvalue weighted by molar-refractivity contribution is 7.52. The molecule has 356 valence electrons. The van der Waals surface area contributed by atoms with Crippen LogP contribution in [0.1, 0.15) is 57.5 Å². The number of methoxy groups -OCH3 is 1. The van der Waals surface area contributed by atoms with Crippen LogP contribution in [0.3, 0.4) is 0 Å². The third-order valence-electron chi connectivity index (χ3n) is 10.2. The topological polar surface area (TPSA) is 250 Å². The molecule has 1 unspecified atom stereocenters. The summed E-state index contributed by atoms with van der Waals surface area (Å²) in [6.45, 7) is 5.97. The first-order valence-corrected chi connectivity index (χ1v) is 24.1. The van der Waals surface area contributed by atoms with Gasteiger partial charge in [-0.3, -0.25) is 42.5 Å². The maximum atomic E-state index is 14.5. The summed E-state index contributed by atoms with van der Waals surface area (Å²) >= 11 is 0. The minimum Gasteiger partial charge on any atom is -0.468 e. The third-order valence-corrected chi connectivity index (χ3v) is 13.1. The van der Waals surface area contributed by atoms with Crippen LogP contribution in [0, 0.1) is 28.6 Å². The van der Waals surface area contributed by atoms with E-state index in [0.717, 1.165) is 7.11 Å². The number of phosphoric ester groups is 1. The van der Waals surface area contributed by atoms with Crippen LogP contribution in [0.15, 0.2) is 109 Å². The molecule has 2 aromatic heterocycles. The van der Waals surface area contributed by atoms with Gasteiger partial charge in [0.25, 0.3) is 0 Å². The van der Waals surface area contributed by atoms with Gasteiger partial charge in [0.1, 0.15) is 49.1 Å². The van der Waals surface area contributed by atoms with E-state index < -0.39 is 88.6 Å². The molecule has 1 fully saturated rings. The Labute approximate surface area is 386 Å². The van der Waals surface area contributed by atoms with E-state index in [0.29, 0.717) is 11.1 Å². The molecule has 2 N–H and O–H groups in total. The van der Waals surface area contributed by atoms with Crippen LogP contribution in [0.4, 0.5) is 0 Å². The molecular formula is C45H52N6O14P2. The Morgan fingerprint density at radius 2 is 1.37 bits per heavy atom. The maximum Gasteiger partial charge on any atom is 0.477 e. The van der Waals surface area contributed by atoms with Crippen molar-refractivity contribution in [2.45, 2.75) is 84.5 Å². The second kappa shape index (κ2) is 22.2. The van der Waals surface area contributed by atoms with Crippen molar-refractivity contribution < 1.29 is 65.1 Å². The van der Waals surface area contributed by atoms with Gasteiger partial charge < -0.3 is 23.5 Å². The van der Waals surface area contributed by atoms with Gasteiger partial charge in [-0.2, -0.15) is 15.4 Å². The highest BCUT2D eigenvalue weighted by atomic mass is 31.2. The van der Waals surface area contributed by atoms with E-state index in [1.807, 2.05) is 18.2 Å². The zero-order valence-corrected chi connectivity index (χ0v) is 39.4. The number of nitrogens with zero attached hydrogens (tertiary/aromatic N) is 4. The second-order valence-corrected chi connectivity index (χ2v) is 19.2. The molecule has 0 spiro atoms. The normalized spacial score (nSPS) is 19.7. The van der Waals surface area contributed by atoms with Crippen molar-refractivity contribution in [1.82, 2.24) is 19.3 Å². The van der Waals surface area contributed by atoms with Gasteiger partial charge in [0.2, 0.25) is 5.60 Å². The average molecular weight is 963 g/mol. The van der Waals surface area contributed by atoms with Crippen LogP contribution in [0.5, 0.6) is 5.75 Å². The van der Waals surface area contributed by atoms with Gasteiger partial charge >= 0.3 is 33.5 Å². The van der Waals surface area contributed by atoms with Crippen molar-refractivity contribution in [3.63, 3.8) is 0 Å². The summed E-state index contributed by atoms with van der Waals surface area (Å²) in [7, 11) is -7.78. The van der Waals surface area contributed by atoms with Crippen molar-refractivity contribution in [1.29, 1.82) is 10.7 Å². The van der Waals surface area contributed by atoms with Gasteiger partial charge in [-0.05, 0) is 42.3 Å². The molecule has 0 amide bonds. The van der Waals surface area contributed by atoms with Gasteiger partial charge in [-0.25, -0.2) is 13.6 Å². The molecule has 1 aliphatic heterocycles. The minimum atomic E-state index is -4.63. The van der Waals surface area contributed by atoms with E-state index in [1.54, 1.807) is 94.4 Å². The lowest BCUT2D eigenvalue weighted by molar-refractivity contribution is -0.173. The van der Waals surface area contributed by atoms with Crippen molar-refractivity contribution in [2.24, 2.45) is 11.8 Å². The number of rotatable bonds is 22. The Hall–Kier alpha value is -6.00. The Morgan fingerprint density at radius 1 is 0.806 bits per heavy atom. The number of esters is 3. The van der Waals surface area contributed by atoms with Crippen LogP contribution in [0.25, 0.3) is 5.52 Å². The molecule has 67 heavy (non-hydrogen) atoms. The third kappa shape index (κ3) is 12.5. The number of hydrogen-bond donors (Lipinski definition) is 2. The van der Waals surface area contributed by atoms with Crippen LogP contribution in [-0.4, -0.2) is 69.7 Å². The Kier molecular flexibility index (Phi) is 16.7. The molecule has 20 nitrogen and oxygen atoms in total. The van der Waals surface area contributed by atoms with Gasteiger partial charge in [-0.15, -0.1) is 0 Å². The first-order valence-electron chi connectivity index (χ1n) is 21.1. The minimum absolute atomic E-state index is 0.0694. The standard InChI is InChI=1S/C45H52N6O14P2/c1-30(2)42(52)62-39-38(64-45(26-46,40(39)63-43(53)31(3)4)27-60-66(55,49-32(5)44(54)57-6)65-35-20-14-9-15-21-35)36-22-23-37-41(47)50(28-48-51(36)37)29-61-67(56,58-24-33-16-10-7-11-17-33)59-25-34-18-12-8-13-19-34/h7-23,28,30-32,38-40,47H,24-25,27,29H2,1-6H3,(H,49,55)/t32-,38-,39-,40-,45+,66?/m0/s1. The highest BCUT2D eigenvalue weighted by Crippen LogP contribution is 2.52. The number of fused-ring (bicyclic) bond motifs is 1. The molecule has 3 aromatic carbocycles. The summed E-state index contributed by atoms with van der Waals surface area (Å²) in [5.41, 5.74) is -0.870. The lowest BCUT2D eigenvalue weighted by Gasteiger charge is -2.31. The van der Waals surface area contributed by atoms with Crippen molar-refractivity contribution in [3.05, 3.63) is 132 Å². The zero-order valence-electron chi connectivity index (χ0n) is 37.6. The van der Waals surface area contributed by atoms with Crippen molar-refractivity contribution in [3.8, 4) is 11.8 Å². The molecule has 1 saturated heterocycles. The van der Waals surface area contributed by atoms with Crippen LogP contribution in [0.2, 0.25) is 0 Å². The van der Waals surface area contributed by atoms with Crippen LogP contribution in [-0.2, 0) is 80.5 Å². The monoisotopic (exact) mass is 962 g/mol. The van der Waals surface area contributed by atoms with Crippen molar-refractivity contribution in [2.75, 3.05) is 13.7 Å². The fourth-order valence-electron chi connectivity index (χ4n) is 6.51. The largest absolute Gasteiger partial charge is 0.477 e. The number of aromatic nitrogens is 3. The summed E-state index contributed by atoms with van der Waals surface area (Å²) in [5.74, 6) is -3.73. The average Bonchev–Trinajstić information content (AvgIpc) is 3.89. The van der Waals surface area contributed by atoms with E-state index in [9.17, 15) is 28.8 Å². The number of phosphoric acid groups is 1. The SMILES string of the molecule is COC(=O)[C@H](C)NP(=O)(OC[C@@]1(C#N)O[C@@H](c2ccc3c(=N)n(COP(=O)(OCc4ccccc4)OCc4ccccc4)cnn23)[C@H](OC(=O)C(C)C)[C@@H]1OC(=O)C(C)C)Oc1ccccc1. The van der Waals surface area contributed by atoms with E-state index in [1.165, 1.54) is 46.6 Å². The number of para-hydroxylation sites is 1. The lowest BCUT2D eigenvalue weighted by atomic mass is 9.95. The maximum absolute atomic E-state index is 14.5. The number of hydrogen-bond acceptors (Lipinski definition) is 17. The highest BCUT2D eigenvalue weighted by Gasteiger charge is 2.62. The summed E-state index contributed by atoms with van der Waals surface area (Å²) < 4.78 is 83.2. The van der Waals surface area contributed by atoms with Crippen LogP contribution < -0.4 is 15.1 Å². The number of carbonyl (C=O) groups is 3. The Bertz CT molecular complexity index is 2650. The van der Waals surface area contributed by atoms with E-state index in [2.05, 4.69) is 10.2 Å². The second-order valence-electron chi connectivity index (χ2n) is 15.9. The molecule has 0 aliphatic carbocycles. The first kappa shape index (κ1) is 50.4. The molecule has 0 bridgehead atoms. The number of nitriles is 1. The number of benzene rings is 3. The van der Waals surface area contributed by atoms with Gasteiger partial charge in [0.15, 0.2) is 17.7 Å². The van der Waals surface area contributed by atoms with Gasteiger partial charge in [-0.1, -0.05) is 107 Å². The van der Waals surface area contributed by atoms with Gasteiger partial charge in [0, 0.05) is 0 Å². The number of nitrogens with one attached hydrogen (secondary N) is 2. The lowest BCUT2D eigenvalue weighted by Crippen LogP contribution is -2.50. The molecule has 6 atom stereocenters. The molecule has 3 heterocycles. The zero-order chi connectivity index (χ0) is 48.4. The quantitative estimate of drug-likeness (QED) is 0.0404. The van der Waals surface area contributed by atoms with Crippen molar-refractivity contribution >= 4 is 39.0 Å². The van der Waals surface area contributed by atoms with Crippen LogP contribution >= 0.6 is 15.6 Å².